The first kappa shape index (κ1) is 16.9. The maximum Gasteiger partial charge on any atom is 0.238 e. The van der Waals surface area contributed by atoms with E-state index in [4.69, 9.17) is 5.73 Å². The second kappa shape index (κ2) is 8.21. The molecule has 7 heteroatoms. The summed E-state index contributed by atoms with van der Waals surface area (Å²) in [5, 5.41) is 5.15. The van der Waals surface area contributed by atoms with Crippen molar-refractivity contribution in [3.05, 3.63) is 24.0 Å². The zero-order valence-corrected chi connectivity index (χ0v) is 12.3. The zero-order chi connectivity index (χ0) is 15.8. The molecule has 0 atom stereocenters. The van der Waals surface area contributed by atoms with Gasteiger partial charge in [-0.3, -0.25) is 14.5 Å². The summed E-state index contributed by atoms with van der Waals surface area (Å²) >= 11 is 0. The van der Waals surface area contributed by atoms with Crippen molar-refractivity contribution in [3.8, 4) is 0 Å². The van der Waals surface area contributed by atoms with E-state index in [1.54, 1.807) is 11.9 Å². The molecule has 1 rings (SSSR count). The number of rotatable bonds is 7. The van der Waals surface area contributed by atoms with Crippen LogP contribution in [0.3, 0.4) is 0 Å². The highest BCUT2D eigenvalue weighted by Crippen LogP contribution is 2.16. The van der Waals surface area contributed by atoms with Crippen LogP contribution in [0.15, 0.2) is 18.2 Å². The average Bonchev–Trinajstić information content (AvgIpc) is 2.43. The number of carbonyl (C=O) groups excluding carboxylic acids is 2. The third-order valence-electron chi connectivity index (χ3n) is 2.83. The van der Waals surface area contributed by atoms with Crippen LogP contribution < -0.4 is 16.4 Å². The van der Waals surface area contributed by atoms with Crippen molar-refractivity contribution in [1.82, 2.24) is 10.2 Å². The maximum absolute atomic E-state index is 13.0. The number of anilines is 2. The van der Waals surface area contributed by atoms with Crippen LogP contribution in [0, 0.1) is 5.82 Å². The monoisotopic (exact) mass is 296 g/mol. The van der Waals surface area contributed by atoms with E-state index in [0.29, 0.717) is 12.2 Å². The standard InChI is InChI=1S/C14H21FN4O2/c1-3-6-19(8-13(20)17-2)9-14(21)18-10-4-5-11(15)12(16)7-10/h4-5,7H,3,6,8-9,16H2,1-2H3,(H,17,20)(H,18,21). The third-order valence-corrected chi connectivity index (χ3v) is 2.83. The smallest absolute Gasteiger partial charge is 0.238 e. The van der Waals surface area contributed by atoms with Gasteiger partial charge in [0.05, 0.1) is 18.8 Å². The molecule has 0 aliphatic heterocycles. The number of likely N-dealkylation sites (N-methyl/N-ethyl adjacent to an activating group) is 1. The average molecular weight is 296 g/mol. The quantitative estimate of drug-likeness (QED) is 0.650. The second-order valence-corrected chi connectivity index (χ2v) is 4.67. The molecule has 6 nitrogen and oxygen atoms in total. The maximum atomic E-state index is 13.0. The topological polar surface area (TPSA) is 87.5 Å². The molecule has 0 bridgehead atoms. The molecule has 116 valence electrons. The minimum Gasteiger partial charge on any atom is -0.396 e. The Hall–Kier alpha value is -2.15. The summed E-state index contributed by atoms with van der Waals surface area (Å²) in [7, 11) is 1.55. The minimum absolute atomic E-state index is 0.0245. The van der Waals surface area contributed by atoms with Crippen molar-refractivity contribution in [2.24, 2.45) is 0 Å². The molecule has 1 aromatic carbocycles. The van der Waals surface area contributed by atoms with Gasteiger partial charge >= 0.3 is 0 Å². The molecule has 0 heterocycles. The molecule has 0 saturated carbocycles. The predicted octanol–water partition coefficient (Wildman–Crippen LogP) is 0.804. The van der Waals surface area contributed by atoms with Crippen LogP contribution in [0.4, 0.5) is 15.8 Å². The number of nitrogens with two attached hydrogens (primary N) is 1. The number of hydrogen-bond donors (Lipinski definition) is 3. The molecule has 1 aromatic rings. The fourth-order valence-electron chi connectivity index (χ4n) is 1.84. The molecule has 2 amide bonds. The van der Waals surface area contributed by atoms with Crippen LogP contribution in [-0.4, -0.2) is 43.4 Å². The lowest BCUT2D eigenvalue weighted by Crippen LogP contribution is -2.40. The van der Waals surface area contributed by atoms with Gasteiger partial charge in [0, 0.05) is 12.7 Å². The van der Waals surface area contributed by atoms with Crippen molar-refractivity contribution >= 4 is 23.2 Å². The first-order valence-electron chi connectivity index (χ1n) is 6.74. The molecule has 0 aliphatic carbocycles. The molecule has 0 radical (unpaired) electrons. The Balaban J connectivity index is 2.60. The molecule has 0 unspecified atom stereocenters. The van der Waals surface area contributed by atoms with Crippen molar-refractivity contribution in [3.63, 3.8) is 0 Å². The summed E-state index contributed by atoms with van der Waals surface area (Å²) < 4.78 is 13.0. The van der Waals surface area contributed by atoms with E-state index in [1.807, 2.05) is 6.92 Å². The Morgan fingerprint density at radius 3 is 2.52 bits per heavy atom. The van der Waals surface area contributed by atoms with Crippen molar-refractivity contribution in [2.75, 3.05) is 37.7 Å². The Kier molecular flexibility index (Phi) is 6.61. The Morgan fingerprint density at radius 2 is 1.95 bits per heavy atom. The first-order chi connectivity index (χ1) is 9.96. The number of nitrogens with one attached hydrogen (secondary N) is 2. The van der Waals surface area contributed by atoms with Gasteiger partial charge in [-0.05, 0) is 31.2 Å². The number of nitrogen functional groups attached to an aromatic ring is 1. The summed E-state index contributed by atoms with van der Waals surface area (Å²) in [5.41, 5.74) is 5.84. The van der Waals surface area contributed by atoms with Gasteiger partial charge in [0.15, 0.2) is 0 Å². The lowest BCUT2D eigenvalue weighted by molar-refractivity contribution is -0.123. The van der Waals surface area contributed by atoms with E-state index in [2.05, 4.69) is 10.6 Å². The highest BCUT2D eigenvalue weighted by atomic mass is 19.1. The summed E-state index contributed by atoms with van der Waals surface area (Å²) in [6, 6.07) is 3.99. The Bertz CT molecular complexity index is 508. The molecule has 0 aliphatic rings. The van der Waals surface area contributed by atoms with Crippen LogP contribution in [0.5, 0.6) is 0 Å². The predicted molar refractivity (Wildman–Crippen MR) is 80.2 cm³/mol. The van der Waals surface area contributed by atoms with Gasteiger partial charge < -0.3 is 16.4 Å². The first-order valence-corrected chi connectivity index (χ1v) is 6.74. The van der Waals surface area contributed by atoms with E-state index in [-0.39, 0.29) is 30.6 Å². The van der Waals surface area contributed by atoms with Gasteiger partial charge in [0.25, 0.3) is 0 Å². The fourth-order valence-corrected chi connectivity index (χ4v) is 1.84. The molecule has 21 heavy (non-hydrogen) atoms. The van der Waals surface area contributed by atoms with Crippen molar-refractivity contribution in [2.45, 2.75) is 13.3 Å². The summed E-state index contributed by atoms with van der Waals surface area (Å²) in [4.78, 5) is 25.1. The number of halogens is 1. The fraction of sp³-hybridized carbons (Fsp3) is 0.429. The molecular formula is C14H21FN4O2. The number of carbonyl (C=O) groups is 2. The molecule has 0 spiro atoms. The summed E-state index contributed by atoms with van der Waals surface area (Å²) in [6.45, 7) is 2.84. The number of hydrogen-bond acceptors (Lipinski definition) is 4. The largest absolute Gasteiger partial charge is 0.396 e. The van der Waals surface area contributed by atoms with E-state index in [9.17, 15) is 14.0 Å². The molecule has 4 N–H and O–H groups in total. The van der Waals surface area contributed by atoms with Crippen LogP contribution in [-0.2, 0) is 9.59 Å². The number of amides is 2. The Labute approximate surface area is 123 Å². The molecule has 0 aromatic heterocycles. The lowest BCUT2D eigenvalue weighted by Gasteiger charge is -2.20. The van der Waals surface area contributed by atoms with E-state index < -0.39 is 5.82 Å². The molecule has 0 saturated heterocycles. The van der Waals surface area contributed by atoms with Crippen LogP contribution >= 0.6 is 0 Å². The number of nitrogens with zero attached hydrogens (tertiary/aromatic N) is 1. The minimum atomic E-state index is -0.528. The van der Waals surface area contributed by atoms with Crippen LogP contribution in [0.25, 0.3) is 0 Å². The lowest BCUT2D eigenvalue weighted by atomic mass is 10.2. The highest BCUT2D eigenvalue weighted by Gasteiger charge is 2.13. The van der Waals surface area contributed by atoms with E-state index in [0.717, 1.165) is 6.42 Å². The van der Waals surface area contributed by atoms with Crippen LogP contribution in [0.1, 0.15) is 13.3 Å². The second-order valence-electron chi connectivity index (χ2n) is 4.67. The van der Waals surface area contributed by atoms with Gasteiger partial charge in [-0.15, -0.1) is 0 Å². The van der Waals surface area contributed by atoms with Gasteiger partial charge in [-0.25, -0.2) is 4.39 Å². The summed E-state index contributed by atoms with van der Waals surface area (Å²) in [5.74, 6) is -0.958. The normalized spacial score (nSPS) is 10.5. The third kappa shape index (κ3) is 5.78. The van der Waals surface area contributed by atoms with Gasteiger partial charge in [-0.1, -0.05) is 6.92 Å². The van der Waals surface area contributed by atoms with Gasteiger partial charge in [-0.2, -0.15) is 0 Å². The van der Waals surface area contributed by atoms with Crippen LogP contribution in [0.2, 0.25) is 0 Å². The highest BCUT2D eigenvalue weighted by molar-refractivity contribution is 5.93. The summed E-state index contributed by atoms with van der Waals surface area (Å²) in [6.07, 6.45) is 0.827. The van der Waals surface area contributed by atoms with Gasteiger partial charge in [0.1, 0.15) is 5.82 Å². The molecule has 0 fully saturated rings. The SMILES string of the molecule is CCCN(CC(=O)NC)CC(=O)Nc1ccc(F)c(N)c1. The Morgan fingerprint density at radius 1 is 1.29 bits per heavy atom. The van der Waals surface area contributed by atoms with E-state index in [1.165, 1.54) is 18.2 Å². The number of benzene rings is 1. The molecular weight excluding hydrogens is 275 g/mol. The van der Waals surface area contributed by atoms with Crippen molar-refractivity contribution in [1.29, 1.82) is 0 Å². The zero-order valence-electron chi connectivity index (χ0n) is 12.3. The van der Waals surface area contributed by atoms with Gasteiger partial charge in [0.2, 0.25) is 11.8 Å². The van der Waals surface area contributed by atoms with Crippen molar-refractivity contribution < 1.29 is 14.0 Å². The van der Waals surface area contributed by atoms with E-state index >= 15 is 0 Å².